The van der Waals surface area contributed by atoms with Crippen molar-refractivity contribution >= 4 is 16.1 Å². The second kappa shape index (κ2) is 3.19. The molecule has 1 amide bonds. The number of carbonyl (C=O) groups excluding carboxylic acids is 1. The van der Waals surface area contributed by atoms with Gasteiger partial charge >= 0.3 is 0 Å². The molecular formula is C7H12NOSi. The summed E-state index contributed by atoms with van der Waals surface area (Å²) in [7, 11) is 3.55. The number of hydrogen-bond donors (Lipinski definition) is 0. The van der Waals surface area contributed by atoms with Gasteiger partial charge in [-0.3, -0.25) is 4.79 Å². The summed E-state index contributed by atoms with van der Waals surface area (Å²) in [6.07, 6.45) is 2.33. The summed E-state index contributed by atoms with van der Waals surface area (Å²) in [4.78, 5) is 12.7. The fraction of sp³-hybridized carbons (Fsp3) is 0.857. The Bertz CT molecular complexity index is 138. The Kier molecular flexibility index (Phi) is 2.48. The zero-order valence-corrected chi connectivity index (χ0v) is 7.26. The van der Waals surface area contributed by atoms with Gasteiger partial charge in [-0.1, -0.05) is 6.42 Å². The van der Waals surface area contributed by atoms with Crippen molar-refractivity contribution in [1.29, 1.82) is 0 Å². The molecule has 0 unspecified atom stereocenters. The molecule has 1 heterocycles. The van der Waals surface area contributed by atoms with Gasteiger partial charge in [0, 0.05) is 30.3 Å². The standard InChI is InChI=1S/C7H12NOSi/c1-6(9)8-4-2-3-7(10)5-8/h7H,2-5H2,1H3/t7-/m1/s1. The maximum Gasteiger partial charge on any atom is 0.219 e. The van der Waals surface area contributed by atoms with Crippen molar-refractivity contribution in [3.63, 3.8) is 0 Å². The van der Waals surface area contributed by atoms with Crippen LogP contribution in [0.3, 0.4) is 0 Å². The van der Waals surface area contributed by atoms with E-state index in [0.717, 1.165) is 19.5 Å². The Balaban J connectivity index is 2.39. The lowest BCUT2D eigenvalue weighted by molar-refractivity contribution is -0.129. The van der Waals surface area contributed by atoms with Crippen LogP contribution in [0.2, 0.25) is 5.54 Å². The van der Waals surface area contributed by atoms with E-state index in [1.54, 1.807) is 6.92 Å². The zero-order valence-electron chi connectivity index (χ0n) is 6.26. The van der Waals surface area contributed by atoms with Crippen LogP contribution < -0.4 is 0 Å². The molecule has 0 spiro atoms. The van der Waals surface area contributed by atoms with Gasteiger partial charge in [-0.05, 0) is 12.0 Å². The fourth-order valence-corrected chi connectivity index (χ4v) is 1.69. The molecule has 0 N–H and O–H groups in total. The lowest BCUT2D eigenvalue weighted by atomic mass is 10.1. The highest BCUT2D eigenvalue weighted by Crippen LogP contribution is 2.17. The Morgan fingerprint density at radius 2 is 2.40 bits per heavy atom. The first-order valence-corrected chi connectivity index (χ1v) is 4.24. The van der Waals surface area contributed by atoms with E-state index in [0.29, 0.717) is 5.54 Å². The molecule has 3 heteroatoms. The SMILES string of the molecule is CC(=O)N1CCC[C@@H]([Si])C1. The highest BCUT2D eigenvalue weighted by Gasteiger charge is 2.17. The lowest BCUT2D eigenvalue weighted by Gasteiger charge is -2.29. The normalized spacial score (nSPS) is 26.6. The van der Waals surface area contributed by atoms with Gasteiger partial charge in [-0.15, -0.1) is 0 Å². The molecule has 1 aliphatic rings. The lowest BCUT2D eigenvalue weighted by Crippen LogP contribution is -2.36. The van der Waals surface area contributed by atoms with Crippen LogP contribution in [-0.4, -0.2) is 34.1 Å². The minimum Gasteiger partial charge on any atom is -0.343 e. The number of hydrogen-bond acceptors (Lipinski definition) is 1. The Morgan fingerprint density at radius 1 is 1.70 bits per heavy atom. The van der Waals surface area contributed by atoms with Gasteiger partial charge in [-0.25, -0.2) is 0 Å². The van der Waals surface area contributed by atoms with Gasteiger partial charge in [0.25, 0.3) is 0 Å². The smallest absolute Gasteiger partial charge is 0.219 e. The van der Waals surface area contributed by atoms with E-state index in [2.05, 4.69) is 10.2 Å². The molecule has 0 bridgehead atoms. The van der Waals surface area contributed by atoms with E-state index in [1.807, 2.05) is 4.90 Å². The van der Waals surface area contributed by atoms with Crippen molar-refractivity contribution in [3.8, 4) is 0 Å². The summed E-state index contributed by atoms with van der Waals surface area (Å²) in [6, 6.07) is 0. The average Bonchev–Trinajstić information content (AvgIpc) is 1.88. The maximum atomic E-state index is 10.8. The summed E-state index contributed by atoms with van der Waals surface area (Å²) < 4.78 is 0. The summed E-state index contributed by atoms with van der Waals surface area (Å²) in [5, 5.41) is 0. The molecule has 1 fully saturated rings. The van der Waals surface area contributed by atoms with Crippen LogP contribution in [0.25, 0.3) is 0 Å². The molecular weight excluding hydrogens is 142 g/mol. The highest BCUT2D eigenvalue weighted by molar-refractivity contribution is 6.12. The molecule has 0 aromatic rings. The van der Waals surface area contributed by atoms with Crippen LogP contribution >= 0.6 is 0 Å². The van der Waals surface area contributed by atoms with Crippen molar-refractivity contribution in [2.75, 3.05) is 13.1 Å². The van der Waals surface area contributed by atoms with Crippen LogP contribution in [0.4, 0.5) is 0 Å². The summed E-state index contributed by atoms with van der Waals surface area (Å²) >= 11 is 0. The van der Waals surface area contributed by atoms with Crippen molar-refractivity contribution in [3.05, 3.63) is 0 Å². The van der Waals surface area contributed by atoms with Gasteiger partial charge in [-0.2, -0.15) is 0 Å². The topological polar surface area (TPSA) is 20.3 Å². The predicted molar refractivity (Wildman–Crippen MR) is 41.0 cm³/mol. The van der Waals surface area contributed by atoms with E-state index in [1.165, 1.54) is 6.42 Å². The Labute approximate surface area is 65.0 Å². The van der Waals surface area contributed by atoms with Crippen molar-refractivity contribution in [1.82, 2.24) is 4.90 Å². The molecule has 0 aliphatic carbocycles. The number of amides is 1. The summed E-state index contributed by atoms with van der Waals surface area (Å²) in [5.74, 6) is 0.197. The van der Waals surface area contributed by atoms with E-state index in [9.17, 15) is 4.79 Å². The Hall–Kier alpha value is -0.313. The third-order valence-corrected chi connectivity index (χ3v) is 2.34. The first kappa shape index (κ1) is 7.79. The van der Waals surface area contributed by atoms with Crippen LogP contribution in [0, 0.1) is 0 Å². The molecule has 3 radical (unpaired) electrons. The third kappa shape index (κ3) is 1.83. The fourth-order valence-electron chi connectivity index (χ4n) is 1.26. The molecule has 0 aromatic heterocycles. The number of likely N-dealkylation sites (tertiary alicyclic amines) is 1. The Morgan fingerprint density at radius 3 is 2.80 bits per heavy atom. The van der Waals surface area contributed by atoms with Crippen LogP contribution in [-0.2, 0) is 4.79 Å². The average molecular weight is 154 g/mol. The summed E-state index contributed by atoms with van der Waals surface area (Å²) in [6.45, 7) is 3.45. The van der Waals surface area contributed by atoms with Gasteiger partial charge in [0.1, 0.15) is 0 Å². The molecule has 1 aliphatic heterocycles. The van der Waals surface area contributed by atoms with Gasteiger partial charge in [0.2, 0.25) is 5.91 Å². The van der Waals surface area contributed by atoms with Crippen LogP contribution in [0.15, 0.2) is 0 Å². The molecule has 2 nitrogen and oxygen atoms in total. The van der Waals surface area contributed by atoms with Gasteiger partial charge < -0.3 is 4.90 Å². The molecule has 1 rings (SSSR count). The highest BCUT2D eigenvalue weighted by atomic mass is 28.1. The minimum absolute atomic E-state index is 0.197. The van der Waals surface area contributed by atoms with E-state index < -0.39 is 0 Å². The van der Waals surface area contributed by atoms with Crippen molar-refractivity contribution < 1.29 is 4.79 Å². The van der Waals surface area contributed by atoms with E-state index in [4.69, 9.17) is 0 Å². The maximum absolute atomic E-state index is 10.8. The molecule has 0 saturated carbocycles. The largest absolute Gasteiger partial charge is 0.343 e. The number of piperidine rings is 1. The van der Waals surface area contributed by atoms with E-state index >= 15 is 0 Å². The quantitative estimate of drug-likeness (QED) is 0.468. The molecule has 1 atom stereocenters. The predicted octanol–water partition coefficient (Wildman–Crippen LogP) is 0.586. The number of rotatable bonds is 0. The third-order valence-electron chi connectivity index (χ3n) is 1.87. The zero-order chi connectivity index (χ0) is 7.56. The van der Waals surface area contributed by atoms with Crippen molar-refractivity contribution in [2.24, 2.45) is 0 Å². The molecule has 0 aromatic carbocycles. The minimum atomic E-state index is 0.197. The van der Waals surface area contributed by atoms with Crippen molar-refractivity contribution in [2.45, 2.75) is 25.3 Å². The number of nitrogens with zero attached hydrogens (tertiary/aromatic N) is 1. The van der Waals surface area contributed by atoms with E-state index in [-0.39, 0.29) is 5.91 Å². The monoisotopic (exact) mass is 154 g/mol. The van der Waals surface area contributed by atoms with Crippen LogP contribution in [0.1, 0.15) is 19.8 Å². The summed E-state index contributed by atoms with van der Waals surface area (Å²) in [5.41, 5.74) is 0.512. The second-order valence-electron chi connectivity index (χ2n) is 2.80. The molecule has 1 saturated heterocycles. The first-order valence-electron chi connectivity index (χ1n) is 3.67. The van der Waals surface area contributed by atoms with Crippen LogP contribution in [0.5, 0.6) is 0 Å². The van der Waals surface area contributed by atoms with Gasteiger partial charge in [0.15, 0.2) is 0 Å². The second-order valence-corrected chi connectivity index (χ2v) is 3.62. The molecule has 55 valence electrons. The molecule has 10 heavy (non-hydrogen) atoms. The number of carbonyl (C=O) groups is 1. The first-order chi connectivity index (χ1) is 4.70. The van der Waals surface area contributed by atoms with Gasteiger partial charge in [0.05, 0.1) is 0 Å².